The van der Waals surface area contributed by atoms with Gasteiger partial charge in [0.1, 0.15) is 0 Å². The fourth-order valence-corrected chi connectivity index (χ4v) is 6.16. The third kappa shape index (κ3) is 19.0. The minimum atomic E-state index is -1.82. The molecule has 19 heteroatoms. The van der Waals surface area contributed by atoms with Crippen LogP contribution in [0.25, 0.3) is 0 Å². The zero-order valence-electron chi connectivity index (χ0n) is 37.8. The topological polar surface area (TPSA) is 241 Å². The van der Waals surface area contributed by atoms with Crippen LogP contribution in [0.3, 0.4) is 0 Å². The number of rotatable bonds is 10. The highest BCUT2D eigenvalue weighted by atomic mass is 16.7. The Kier molecular flexibility index (Phi) is 21.6. The average Bonchev–Trinajstić information content (AvgIpc) is 3.29. The summed E-state index contributed by atoms with van der Waals surface area (Å²) >= 11 is 0. The molecule has 2 fully saturated rings. The van der Waals surface area contributed by atoms with Gasteiger partial charge in [-0.2, -0.15) is 0 Å². The van der Waals surface area contributed by atoms with Crippen molar-refractivity contribution in [2.75, 3.05) is 89.3 Å². The minimum absolute atomic E-state index is 0.00372. The molecule has 19 nitrogen and oxygen atoms in total. The normalized spacial score (nSPS) is 14.3. The first-order valence-corrected chi connectivity index (χ1v) is 20.9. The lowest BCUT2D eigenvalue weighted by atomic mass is 10.1. The molecule has 354 valence electrons. The predicted octanol–water partition coefficient (Wildman–Crippen LogP) is 3.97. The van der Waals surface area contributed by atoms with Crippen LogP contribution in [0.1, 0.15) is 31.1 Å². The molecule has 0 atom stereocenters. The summed E-state index contributed by atoms with van der Waals surface area (Å²) in [5.41, 5.74) is 5.81. The number of carbonyl (C=O) groups excluding carboxylic acids is 3. The summed E-state index contributed by atoms with van der Waals surface area (Å²) in [5, 5.41) is 29.6. The number of carboxylic acids is 4. The van der Waals surface area contributed by atoms with E-state index in [1.165, 1.54) is 0 Å². The van der Waals surface area contributed by atoms with E-state index in [0.29, 0.717) is 18.7 Å². The van der Waals surface area contributed by atoms with Crippen molar-refractivity contribution in [3.63, 3.8) is 0 Å². The Hall–Kier alpha value is -7.03. The highest BCUT2D eigenvalue weighted by Gasteiger charge is 2.25. The van der Waals surface area contributed by atoms with Crippen molar-refractivity contribution in [2.45, 2.75) is 26.4 Å². The lowest BCUT2D eigenvalue weighted by Gasteiger charge is -2.33. The summed E-state index contributed by atoms with van der Waals surface area (Å²) in [6.45, 7) is 14.0. The summed E-state index contributed by atoms with van der Waals surface area (Å²) in [6.07, 6.45) is 0. The lowest BCUT2D eigenvalue weighted by molar-refractivity contribution is -0.159. The molecule has 0 aliphatic carbocycles. The number of hydroxylamine groups is 1. The van der Waals surface area contributed by atoms with Crippen molar-refractivity contribution in [2.24, 2.45) is 0 Å². The molecule has 2 saturated heterocycles. The van der Waals surface area contributed by atoms with Crippen LogP contribution < -0.4 is 15.3 Å². The Morgan fingerprint density at radius 2 is 0.773 bits per heavy atom. The highest BCUT2D eigenvalue weighted by molar-refractivity contribution is 6.27. The number of para-hydroxylation sites is 3. The number of carbonyl (C=O) groups is 7. The van der Waals surface area contributed by atoms with Gasteiger partial charge in [0.05, 0.1) is 18.7 Å². The minimum Gasteiger partial charge on any atom is -0.473 e. The van der Waals surface area contributed by atoms with Gasteiger partial charge < -0.3 is 30.2 Å². The summed E-state index contributed by atoms with van der Waals surface area (Å²) < 4.78 is 0. The first-order chi connectivity index (χ1) is 31.2. The summed E-state index contributed by atoms with van der Waals surface area (Å²) in [7, 11) is 4.22. The van der Waals surface area contributed by atoms with Gasteiger partial charge in [0, 0.05) is 80.7 Å². The fourth-order valence-electron chi connectivity index (χ4n) is 6.16. The second kappa shape index (κ2) is 26.7. The second-order valence-electron chi connectivity index (χ2n) is 16.0. The smallest absolute Gasteiger partial charge is 0.414 e. The first-order valence-electron chi connectivity index (χ1n) is 20.9. The van der Waals surface area contributed by atoms with E-state index in [1.54, 1.807) is 29.2 Å². The Morgan fingerprint density at radius 3 is 1.05 bits per heavy atom. The number of nitrogens with zero attached hydrogens (tertiary/aromatic N) is 6. The first kappa shape index (κ1) is 53.3. The van der Waals surface area contributed by atoms with E-state index in [9.17, 15) is 14.4 Å². The molecule has 2 heterocycles. The maximum atomic E-state index is 13.3. The number of aliphatic carboxylic acids is 4. The van der Waals surface area contributed by atoms with E-state index in [1.807, 2.05) is 117 Å². The molecule has 4 aromatic carbocycles. The quantitative estimate of drug-likeness (QED) is 0.112. The van der Waals surface area contributed by atoms with Crippen molar-refractivity contribution in [1.82, 2.24) is 25.1 Å². The zero-order valence-corrected chi connectivity index (χ0v) is 37.8. The molecule has 2 aliphatic heterocycles. The number of likely N-dealkylation sites (N-methyl/N-ethyl adjacent to an activating group) is 2. The largest absolute Gasteiger partial charge is 0.473 e. The van der Waals surface area contributed by atoms with Crippen LogP contribution in [0.15, 0.2) is 115 Å². The molecular formula is C47H59N7O12. The molecule has 5 N–H and O–H groups in total. The van der Waals surface area contributed by atoms with Crippen molar-refractivity contribution in [3.05, 3.63) is 121 Å². The molecule has 6 rings (SSSR count). The number of piperazine rings is 2. The summed E-state index contributed by atoms with van der Waals surface area (Å²) in [6, 6.07) is 36.3. The van der Waals surface area contributed by atoms with Gasteiger partial charge in [-0.1, -0.05) is 54.6 Å². The Bertz CT molecular complexity index is 2090. The summed E-state index contributed by atoms with van der Waals surface area (Å²) in [4.78, 5) is 92.9. The Balaban J connectivity index is 0.000000287. The maximum absolute atomic E-state index is 13.3. The van der Waals surface area contributed by atoms with Crippen LogP contribution in [0.4, 0.5) is 22.7 Å². The molecule has 0 bridgehead atoms. The SMILES string of the molecule is CN1CCN(CC(=O)N(c2ccccc2)c2ccc(C(=O)NOC(C)(C)C)cc2)CC1.CN1CCN(CC(=O)N(c2ccccc2)c2ccccc2)CC1.O=C(O)C(=O)O.O=C(O)C(=O)O. The van der Waals surface area contributed by atoms with Gasteiger partial charge in [-0.25, -0.2) is 24.7 Å². The number of anilines is 4. The van der Waals surface area contributed by atoms with Gasteiger partial charge in [-0.15, -0.1) is 0 Å². The zero-order chi connectivity index (χ0) is 48.8. The maximum Gasteiger partial charge on any atom is 0.414 e. The molecule has 0 radical (unpaired) electrons. The van der Waals surface area contributed by atoms with Crippen LogP contribution in [-0.2, 0) is 33.6 Å². The van der Waals surface area contributed by atoms with E-state index in [4.69, 9.17) is 44.4 Å². The van der Waals surface area contributed by atoms with Crippen LogP contribution in [-0.4, -0.2) is 167 Å². The standard InChI is InChI=1S/C24H32N4O3.C19H23N3O.2C2H2O4/c1-24(2,3)31-25-23(30)19-10-12-21(13-11-19)28(20-8-6-5-7-9-20)22(29)18-27-16-14-26(4)15-17-27;1-20-12-14-21(15-13-20)16-19(23)22(17-8-4-2-5-9-17)18-10-6-3-7-11-18;2*3-1(4)2(5)6/h5-13H,14-18H2,1-4H3,(H,25,30);2-11H,12-16H2,1H3;2*(H,3,4)(H,5,6). The predicted molar refractivity (Wildman–Crippen MR) is 247 cm³/mol. The third-order valence-electron chi connectivity index (χ3n) is 9.66. The average molecular weight is 914 g/mol. The number of carboxylic acid groups (broad SMARTS) is 4. The Labute approximate surface area is 383 Å². The molecule has 3 amide bonds. The molecule has 4 aromatic rings. The van der Waals surface area contributed by atoms with Crippen LogP contribution in [0, 0.1) is 0 Å². The van der Waals surface area contributed by atoms with Gasteiger partial charge in [-0.05, 0) is 95.5 Å². The van der Waals surface area contributed by atoms with E-state index in [0.717, 1.165) is 75.1 Å². The van der Waals surface area contributed by atoms with Crippen molar-refractivity contribution < 1.29 is 58.8 Å². The van der Waals surface area contributed by atoms with E-state index in [2.05, 4.69) is 39.2 Å². The third-order valence-corrected chi connectivity index (χ3v) is 9.66. The van der Waals surface area contributed by atoms with Gasteiger partial charge in [0.2, 0.25) is 11.8 Å². The molecule has 0 saturated carbocycles. The number of hydrogen-bond acceptors (Lipinski definition) is 12. The lowest BCUT2D eigenvalue weighted by Crippen LogP contribution is -2.48. The molecule has 0 unspecified atom stereocenters. The summed E-state index contributed by atoms with van der Waals surface area (Å²) in [5.74, 6) is -7.50. The molecular weight excluding hydrogens is 855 g/mol. The molecule has 0 spiro atoms. The van der Waals surface area contributed by atoms with Crippen molar-refractivity contribution in [3.8, 4) is 0 Å². The number of nitrogens with one attached hydrogen (secondary N) is 1. The van der Waals surface area contributed by atoms with Gasteiger partial charge in [-0.3, -0.25) is 38.8 Å². The second-order valence-corrected chi connectivity index (χ2v) is 16.0. The number of benzene rings is 4. The van der Waals surface area contributed by atoms with Crippen LogP contribution in [0.5, 0.6) is 0 Å². The van der Waals surface area contributed by atoms with Gasteiger partial charge >= 0.3 is 23.9 Å². The van der Waals surface area contributed by atoms with Gasteiger partial charge in [0.25, 0.3) is 5.91 Å². The number of hydrogen-bond donors (Lipinski definition) is 5. The molecule has 2 aliphatic rings. The number of amides is 3. The van der Waals surface area contributed by atoms with Crippen LogP contribution in [0.2, 0.25) is 0 Å². The van der Waals surface area contributed by atoms with Crippen molar-refractivity contribution in [1.29, 1.82) is 0 Å². The van der Waals surface area contributed by atoms with Gasteiger partial charge in [0.15, 0.2) is 0 Å². The van der Waals surface area contributed by atoms with E-state index >= 15 is 0 Å². The van der Waals surface area contributed by atoms with Crippen LogP contribution >= 0.6 is 0 Å². The van der Waals surface area contributed by atoms with E-state index < -0.39 is 29.5 Å². The molecule has 66 heavy (non-hydrogen) atoms. The molecule has 0 aromatic heterocycles. The van der Waals surface area contributed by atoms with Crippen molar-refractivity contribution >= 4 is 64.3 Å². The van der Waals surface area contributed by atoms with E-state index in [-0.39, 0.29) is 17.7 Å². The Morgan fingerprint density at radius 1 is 0.485 bits per heavy atom. The highest BCUT2D eigenvalue weighted by Crippen LogP contribution is 2.27. The monoisotopic (exact) mass is 913 g/mol. The fraction of sp³-hybridized carbons (Fsp3) is 0.340.